The fraction of sp³-hybridized carbons (Fsp3) is 0.286. The number of piperazine rings is 1. The van der Waals surface area contributed by atoms with Gasteiger partial charge in [-0.05, 0) is 112 Å². The van der Waals surface area contributed by atoms with Crippen molar-refractivity contribution in [3.63, 3.8) is 0 Å². The molecule has 11 nitrogen and oxygen atoms in total. The van der Waals surface area contributed by atoms with Crippen molar-refractivity contribution in [3.05, 3.63) is 167 Å². The standard InChI is InChI=1S/C56H59ClN8O3/c1-38-21-24-43(25-22-38)56(42-14-6-5-7-15-42,46-17-8-9-18-47(46)57)58-29-11-19-52(66)39(2)64(4)53(67)20-12-34-68-45-16-10-13-40(35-45)54-59-48-27-23-41(36-50(48)61-54)55-60-49-28-26-44(37-51(49)62-55)65-32-30-63(3)31-33-65/h5-10,13-18,21-28,35-37,39,58H,11-12,19-20,29-34H2,1-4H3,(H,59,61)(H,60,62)/t39-,56?/m1/s1. The van der Waals surface area contributed by atoms with Gasteiger partial charge >= 0.3 is 0 Å². The minimum Gasteiger partial charge on any atom is -0.494 e. The molecule has 0 spiro atoms. The van der Waals surface area contributed by atoms with Gasteiger partial charge in [0.15, 0.2) is 5.78 Å². The molecule has 1 aliphatic heterocycles. The molecule has 6 aromatic carbocycles. The van der Waals surface area contributed by atoms with E-state index < -0.39 is 11.6 Å². The van der Waals surface area contributed by atoms with E-state index in [2.05, 4.69) is 106 Å². The van der Waals surface area contributed by atoms with Crippen molar-refractivity contribution in [2.45, 2.75) is 51.1 Å². The molecule has 0 radical (unpaired) electrons. The number of imidazole rings is 2. The molecule has 0 aliphatic carbocycles. The number of rotatable bonds is 18. The van der Waals surface area contributed by atoms with E-state index in [0.717, 1.165) is 93.3 Å². The van der Waals surface area contributed by atoms with Gasteiger partial charge in [-0.2, -0.15) is 0 Å². The van der Waals surface area contributed by atoms with Crippen LogP contribution in [-0.4, -0.2) is 101 Å². The first-order chi connectivity index (χ1) is 33.0. The number of hydrogen-bond acceptors (Lipinski definition) is 8. The molecule has 3 heterocycles. The zero-order valence-electron chi connectivity index (χ0n) is 39.3. The smallest absolute Gasteiger partial charge is 0.223 e. The lowest BCUT2D eigenvalue weighted by Crippen LogP contribution is -2.45. The normalized spacial score (nSPS) is 14.5. The van der Waals surface area contributed by atoms with Crippen molar-refractivity contribution in [1.29, 1.82) is 0 Å². The Balaban J connectivity index is 0.768. The topological polar surface area (TPSA) is 122 Å². The van der Waals surface area contributed by atoms with Crippen molar-refractivity contribution in [3.8, 4) is 28.5 Å². The third kappa shape index (κ3) is 10.1. The third-order valence-corrected chi connectivity index (χ3v) is 13.7. The van der Waals surface area contributed by atoms with Crippen LogP contribution in [0, 0.1) is 6.92 Å². The number of H-pyrrole nitrogens is 2. The lowest BCUT2D eigenvalue weighted by atomic mass is 9.76. The Morgan fingerprint density at radius 3 is 2.15 bits per heavy atom. The molecular weight excluding hydrogens is 868 g/mol. The highest BCUT2D eigenvalue weighted by Gasteiger charge is 2.37. The Morgan fingerprint density at radius 2 is 1.41 bits per heavy atom. The number of anilines is 1. The van der Waals surface area contributed by atoms with Crippen LogP contribution in [0.25, 0.3) is 44.8 Å². The fourth-order valence-electron chi connectivity index (χ4n) is 9.23. The van der Waals surface area contributed by atoms with Gasteiger partial charge in [0.25, 0.3) is 0 Å². The van der Waals surface area contributed by atoms with Gasteiger partial charge in [0.1, 0.15) is 17.4 Å². The number of halogens is 1. The van der Waals surface area contributed by atoms with Crippen LogP contribution in [0.15, 0.2) is 140 Å². The molecule has 8 aromatic rings. The number of nitrogens with zero attached hydrogens (tertiary/aromatic N) is 5. The second-order valence-corrected chi connectivity index (χ2v) is 18.4. The van der Waals surface area contributed by atoms with E-state index >= 15 is 0 Å². The molecule has 1 aliphatic rings. The van der Waals surface area contributed by atoms with Crippen molar-refractivity contribution in [1.82, 2.24) is 35.1 Å². The Hall–Kier alpha value is -6.79. The predicted molar refractivity (Wildman–Crippen MR) is 274 cm³/mol. The molecule has 1 amide bonds. The maximum atomic E-state index is 13.5. The second kappa shape index (κ2) is 20.6. The van der Waals surface area contributed by atoms with Crippen molar-refractivity contribution >= 4 is 51.0 Å². The molecule has 12 heteroatoms. The largest absolute Gasteiger partial charge is 0.494 e. The average molecular weight is 928 g/mol. The molecule has 2 aromatic heterocycles. The van der Waals surface area contributed by atoms with Crippen LogP contribution in [0.3, 0.4) is 0 Å². The summed E-state index contributed by atoms with van der Waals surface area (Å²) in [7, 11) is 3.88. The number of aromatic nitrogens is 4. The number of amides is 1. The molecule has 0 bridgehead atoms. The summed E-state index contributed by atoms with van der Waals surface area (Å²) in [5.41, 5.74) is 10.3. The van der Waals surface area contributed by atoms with Gasteiger partial charge in [-0.1, -0.05) is 102 Å². The summed E-state index contributed by atoms with van der Waals surface area (Å²) in [5.74, 6) is 2.15. The van der Waals surface area contributed by atoms with E-state index in [1.54, 1.807) is 11.9 Å². The number of fused-ring (bicyclic) bond motifs is 2. The van der Waals surface area contributed by atoms with Crippen LogP contribution in [0.5, 0.6) is 5.75 Å². The number of ketones is 1. The number of hydrogen-bond donors (Lipinski definition) is 3. The van der Waals surface area contributed by atoms with E-state index in [-0.39, 0.29) is 18.1 Å². The summed E-state index contributed by atoms with van der Waals surface area (Å²) in [5, 5.41) is 4.49. The molecule has 0 saturated carbocycles. The summed E-state index contributed by atoms with van der Waals surface area (Å²) in [6.07, 6.45) is 1.67. The maximum absolute atomic E-state index is 13.5. The monoisotopic (exact) mass is 926 g/mol. The van der Waals surface area contributed by atoms with Crippen LogP contribution < -0.4 is 15.0 Å². The van der Waals surface area contributed by atoms with E-state index in [0.29, 0.717) is 43.2 Å². The quantitative estimate of drug-likeness (QED) is 0.0575. The highest BCUT2D eigenvalue weighted by molar-refractivity contribution is 6.31. The summed E-state index contributed by atoms with van der Waals surface area (Å²) >= 11 is 6.93. The second-order valence-electron chi connectivity index (χ2n) is 18.0. The number of likely N-dealkylation sites (N-methyl/N-ethyl adjacent to an activating group) is 2. The van der Waals surface area contributed by atoms with Gasteiger partial charge in [-0.25, -0.2) is 9.97 Å². The van der Waals surface area contributed by atoms with Crippen molar-refractivity contribution in [2.24, 2.45) is 0 Å². The zero-order chi connectivity index (χ0) is 47.2. The zero-order valence-corrected chi connectivity index (χ0v) is 40.0. The number of ether oxygens (including phenoxy) is 1. The maximum Gasteiger partial charge on any atom is 0.223 e. The Kier molecular flexibility index (Phi) is 14.0. The molecule has 1 fully saturated rings. The first-order valence-corrected chi connectivity index (χ1v) is 24.0. The summed E-state index contributed by atoms with van der Waals surface area (Å²) in [6.45, 7) is 8.92. The van der Waals surface area contributed by atoms with E-state index in [9.17, 15) is 9.59 Å². The number of nitrogens with one attached hydrogen (secondary N) is 3. The van der Waals surface area contributed by atoms with Crippen molar-refractivity contribution < 1.29 is 14.3 Å². The Labute approximate surface area is 403 Å². The Bertz CT molecular complexity index is 3020. The number of aromatic amines is 2. The van der Waals surface area contributed by atoms with E-state index in [1.807, 2.05) is 79.7 Å². The van der Waals surface area contributed by atoms with Crippen LogP contribution in [0.4, 0.5) is 5.69 Å². The minimum absolute atomic E-state index is 0.0145. The number of aryl methyl sites for hydroxylation is 1. The summed E-state index contributed by atoms with van der Waals surface area (Å²) in [6, 6.07) is 46.6. The lowest BCUT2D eigenvalue weighted by molar-refractivity contribution is -0.137. The number of Topliss-reactive ketones (excluding diaryl/α,β-unsaturated/α-hetero) is 1. The van der Waals surface area contributed by atoms with E-state index in [1.165, 1.54) is 5.69 Å². The molecule has 2 atom stereocenters. The van der Waals surface area contributed by atoms with Gasteiger partial charge < -0.3 is 29.4 Å². The van der Waals surface area contributed by atoms with Crippen LogP contribution in [0.2, 0.25) is 5.02 Å². The molecular formula is C56H59ClN8O3. The fourth-order valence-corrected chi connectivity index (χ4v) is 9.50. The first kappa shape index (κ1) is 46.3. The molecule has 1 saturated heterocycles. The molecule has 1 unspecified atom stereocenters. The van der Waals surface area contributed by atoms with Crippen molar-refractivity contribution in [2.75, 3.05) is 58.3 Å². The van der Waals surface area contributed by atoms with Crippen LogP contribution in [0.1, 0.15) is 54.9 Å². The highest BCUT2D eigenvalue weighted by Crippen LogP contribution is 2.40. The summed E-state index contributed by atoms with van der Waals surface area (Å²) < 4.78 is 6.13. The van der Waals surface area contributed by atoms with Gasteiger partial charge in [0.2, 0.25) is 5.91 Å². The minimum atomic E-state index is -0.746. The molecule has 68 heavy (non-hydrogen) atoms. The van der Waals surface area contributed by atoms with Crippen LogP contribution >= 0.6 is 11.6 Å². The van der Waals surface area contributed by atoms with E-state index in [4.69, 9.17) is 26.3 Å². The molecule has 3 N–H and O–H groups in total. The van der Waals surface area contributed by atoms with Gasteiger partial charge in [-0.15, -0.1) is 0 Å². The van der Waals surface area contributed by atoms with Gasteiger partial charge in [0.05, 0.1) is 40.3 Å². The Morgan fingerprint density at radius 1 is 0.750 bits per heavy atom. The highest BCUT2D eigenvalue weighted by atomic mass is 35.5. The summed E-state index contributed by atoms with van der Waals surface area (Å²) in [4.78, 5) is 50.0. The molecule has 348 valence electrons. The lowest BCUT2D eigenvalue weighted by Gasteiger charge is -2.38. The number of carbonyl (C=O) groups excluding carboxylic acids is 2. The molecule has 9 rings (SSSR count). The van der Waals surface area contributed by atoms with Gasteiger partial charge in [0, 0.05) is 67.9 Å². The number of benzene rings is 6. The predicted octanol–water partition coefficient (Wildman–Crippen LogP) is 10.4. The average Bonchev–Trinajstić information content (AvgIpc) is 4.01. The number of carbonyl (C=O) groups is 2. The van der Waals surface area contributed by atoms with Crippen LogP contribution in [-0.2, 0) is 15.1 Å². The first-order valence-electron chi connectivity index (χ1n) is 23.6. The SMILES string of the molecule is Cc1ccc(C(NCCCC(=O)[C@@H](C)N(C)C(=O)CCCOc2cccc(-c3nc4ccc(-c5nc6ccc(N7CCN(C)CC7)cc6[nH]5)cc4[nH]3)c2)(c2ccccc2)c2ccccc2Cl)cc1. The van der Waals surface area contributed by atoms with Gasteiger partial charge in [-0.3, -0.25) is 14.9 Å². The third-order valence-electron chi connectivity index (χ3n) is 13.4.